The lowest BCUT2D eigenvalue weighted by Crippen LogP contribution is -2.13. The summed E-state index contributed by atoms with van der Waals surface area (Å²) in [7, 11) is 0. The van der Waals surface area contributed by atoms with Gasteiger partial charge >= 0.3 is 0 Å². The lowest BCUT2D eigenvalue weighted by atomic mass is 9.77. The Morgan fingerprint density at radius 3 is 2.48 bits per heavy atom. The largest absolute Gasteiger partial charge is 0.377 e. The first-order valence-electron chi connectivity index (χ1n) is 9.61. The molecule has 0 atom stereocenters. The molecule has 0 N–H and O–H groups in total. The normalized spacial score (nSPS) is 21.3. The van der Waals surface area contributed by atoms with E-state index < -0.39 is 0 Å². The van der Waals surface area contributed by atoms with Crippen molar-refractivity contribution in [1.82, 2.24) is 0 Å². The van der Waals surface area contributed by atoms with Crippen LogP contribution in [0.3, 0.4) is 0 Å². The molecule has 23 heavy (non-hydrogen) atoms. The van der Waals surface area contributed by atoms with E-state index in [1.54, 1.807) is 0 Å². The summed E-state index contributed by atoms with van der Waals surface area (Å²) in [5, 5.41) is 0. The molecule has 1 aliphatic carbocycles. The molecule has 1 saturated carbocycles. The fraction of sp³-hybridized carbons (Fsp3) is 0.636. The van der Waals surface area contributed by atoms with Crippen molar-refractivity contribution in [3.63, 3.8) is 0 Å². The van der Waals surface area contributed by atoms with Crippen molar-refractivity contribution in [2.24, 2.45) is 5.92 Å². The van der Waals surface area contributed by atoms with Crippen molar-refractivity contribution in [2.45, 2.75) is 77.2 Å². The molecular weight excluding hydrogens is 280 g/mol. The third-order valence-corrected chi connectivity index (χ3v) is 5.23. The Hall–Kier alpha value is -1.08. The molecule has 0 unspecified atom stereocenters. The van der Waals surface area contributed by atoms with Crippen molar-refractivity contribution in [3.8, 4) is 0 Å². The van der Waals surface area contributed by atoms with Gasteiger partial charge in [0.1, 0.15) is 0 Å². The number of hydrogen-bond donors (Lipinski definition) is 0. The zero-order chi connectivity index (χ0) is 16.3. The van der Waals surface area contributed by atoms with Crippen LogP contribution in [0.4, 0.5) is 0 Å². The van der Waals surface area contributed by atoms with Gasteiger partial charge in [-0.3, -0.25) is 0 Å². The van der Waals surface area contributed by atoms with Crippen LogP contribution in [0.15, 0.2) is 36.9 Å². The van der Waals surface area contributed by atoms with Crippen LogP contribution in [0.2, 0.25) is 0 Å². The zero-order valence-corrected chi connectivity index (χ0v) is 14.9. The SMILES string of the molecule is C=CCCCC1CCC(c2ccc(COCCCC)cc2)CC1. The van der Waals surface area contributed by atoms with E-state index in [1.807, 2.05) is 0 Å². The minimum atomic E-state index is 0.760. The first-order valence-corrected chi connectivity index (χ1v) is 9.61. The Bertz CT molecular complexity index is 426. The standard InChI is InChI=1S/C22H34O/c1-3-5-7-8-19-9-13-21(14-10-19)22-15-11-20(12-16-22)18-23-17-6-4-2/h3,11-12,15-16,19,21H,1,4-10,13-14,17-18H2,2H3. The van der Waals surface area contributed by atoms with E-state index in [-0.39, 0.29) is 0 Å². The molecule has 0 radical (unpaired) electrons. The van der Waals surface area contributed by atoms with Gasteiger partial charge in [-0.25, -0.2) is 0 Å². The number of unbranched alkanes of at least 4 members (excludes halogenated alkanes) is 2. The van der Waals surface area contributed by atoms with Crippen LogP contribution in [-0.4, -0.2) is 6.61 Å². The smallest absolute Gasteiger partial charge is 0.0716 e. The van der Waals surface area contributed by atoms with Crippen LogP contribution in [0.25, 0.3) is 0 Å². The molecule has 0 bridgehead atoms. The molecule has 128 valence electrons. The second-order valence-electron chi connectivity index (χ2n) is 7.08. The molecule has 1 heteroatoms. The van der Waals surface area contributed by atoms with E-state index in [1.165, 1.54) is 62.5 Å². The summed E-state index contributed by atoms with van der Waals surface area (Å²) in [6.07, 6.45) is 13.9. The fourth-order valence-electron chi connectivity index (χ4n) is 3.66. The molecule has 1 nitrogen and oxygen atoms in total. The maximum atomic E-state index is 5.70. The van der Waals surface area contributed by atoms with Gasteiger partial charge in [0.2, 0.25) is 0 Å². The van der Waals surface area contributed by atoms with E-state index >= 15 is 0 Å². The molecule has 1 aromatic rings. The number of ether oxygens (including phenoxy) is 1. The average Bonchev–Trinajstić information content (AvgIpc) is 2.60. The zero-order valence-electron chi connectivity index (χ0n) is 14.9. The number of benzene rings is 1. The monoisotopic (exact) mass is 314 g/mol. The first-order chi connectivity index (χ1) is 11.3. The van der Waals surface area contributed by atoms with E-state index in [0.717, 1.165) is 31.5 Å². The van der Waals surface area contributed by atoms with Gasteiger partial charge in [0.05, 0.1) is 6.61 Å². The van der Waals surface area contributed by atoms with Crippen LogP contribution in [0.5, 0.6) is 0 Å². The lowest BCUT2D eigenvalue weighted by Gasteiger charge is -2.29. The van der Waals surface area contributed by atoms with Gasteiger partial charge in [-0.1, -0.05) is 50.1 Å². The molecule has 0 spiro atoms. The van der Waals surface area contributed by atoms with E-state index in [4.69, 9.17) is 4.74 Å². The summed E-state index contributed by atoms with van der Waals surface area (Å²) in [6.45, 7) is 7.66. The Labute approximate surface area is 143 Å². The summed E-state index contributed by atoms with van der Waals surface area (Å²) in [4.78, 5) is 0. The van der Waals surface area contributed by atoms with Crippen molar-refractivity contribution < 1.29 is 4.74 Å². The van der Waals surface area contributed by atoms with Gasteiger partial charge in [0.25, 0.3) is 0 Å². The Balaban J connectivity index is 1.72. The third-order valence-electron chi connectivity index (χ3n) is 5.23. The van der Waals surface area contributed by atoms with Crippen LogP contribution in [0.1, 0.15) is 81.8 Å². The topological polar surface area (TPSA) is 9.23 Å². The highest BCUT2D eigenvalue weighted by Crippen LogP contribution is 2.37. The molecule has 0 aliphatic heterocycles. The Kier molecular flexibility index (Phi) is 8.46. The van der Waals surface area contributed by atoms with Gasteiger partial charge in [-0.2, -0.15) is 0 Å². The summed E-state index contributed by atoms with van der Waals surface area (Å²) in [5.41, 5.74) is 2.84. The average molecular weight is 315 g/mol. The van der Waals surface area contributed by atoms with Crippen molar-refractivity contribution in [1.29, 1.82) is 0 Å². The summed E-state index contributed by atoms with van der Waals surface area (Å²) in [6, 6.07) is 9.19. The predicted molar refractivity (Wildman–Crippen MR) is 99.8 cm³/mol. The van der Waals surface area contributed by atoms with E-state index in [0.29, 0.717) is 0 Å². The van der Waals surface area contributed by atoms with Crippen LogP contribution >= 0.6 is 0 Å². The van der Waals surface area contributed by atoms with Gasteiger partial charge in [-0.05, 0) is 67.9 Å². The highest BCUT2D eigenvalue weighted by molar-refractivity contribution is 5.25. The molecule has 0 heterocycles. The van der Waals surface area contributed by atoms with Gasteiger partial charge < -0.3 is 4.74 Å². The second-order valence-corrected chi connectivity index (χ2v) is 7.08. The maximum absolute atomic E-state index is 5.70. The fourth-order valence-corrected chi connectivity index (χ4v) is 3.66. The summed E-state index contributed by atoms with van der Waals surface area (Å²) in [5.74, 6) is 1.73. The van der Waals surface area contributed by atoms with Crippen LogP contribution in [-0.2, 0) is 11.3 Å². The Morgan fingerprint density at radius 2 is 1.83 bits per heavy atom. The van der Waals surface area contributed by atoms with Crippen LogP contribution in [0, 0.1) is 5.92 Å². The lowest BCUT2D eigenvalue weighted by molar-refractivity contribution is 0.118. The number of allylic oxidation sites excluding steroid dienone is 1. The minimum absolute atomic E-state index is 0.760. The van der Waals surface area contributed by atoms with E-state index in [2.05, 4.69) is 43.8 Å². The summed E-state index contributed by atoms with van der Waals surface area (Å²) < 4.78 is 5.70. The highest BCUT2D eigenvalue weighted by atomic mass is 16.5. The van der Waals surface area contributed by atoms with Crippen molar-refractivity contribution >= 4 is 0 Å². The van der Waals surface area contributed by atoms with E-state index in [9.17, 15) is 0 Å². The van der Waals surface area contributed by atoms with Gasteiger partial charge in [-0.15, -0.1) is 6.58 Å². The number of hydrogen-bond acceptors (Lipinski definition) is 1. The quantitative estimate of drug-likeness (QED) is 0.348. The molecule has 1 aliphatic rings. The molecule has 1 aromatic carbocycles. The third kappa shape index (κ3) is 6.51. The molecule has 1 fully saturated rings. The second kappa shape index (κ2) is 10.6. The molecule has 0 saturated heterocycles. The maximum Gasteiger partial charge on any atom is 0.0716 e. The summed E-state index contributed by atoms with van der Waals surface area (Å²) >= 11 is 0. The van der Waals surface area contributed by atoms with Gasteiger partial charge in [0.15, 0.2) is 0 Å². The minimum Gasteiger partial charge on any atom is -0.377 e. The van der Waals surface area contributed by atoms with Crippen molar-refractivity contribution in [3.05, 3.63) is 48.0 Å². The molecular formula is C22H34O. The molecule has 0 aromatic heterocycles. The first kappa shape index (κ1) is 18.3. The van der Waals surface area contributed by atoms with Crippen LogP contribution < -0.4 is 0 Å². The molecule has 2 rings (SSSR count). The predicted octanol–water partition coefficient (Wildman–Crippen LogP) is 6.63. The number of rotatable bonds is 10. The van der Waals surface area contributed by atoms with Gasteiger partial charge in [0, 0.05) is 6.61 Å². The highest BCUT2D eigenvalue weighted by Gasteiger charge is 2.21. The van der Waals surface area contributed by atoms with Crippen molar-refractivity contribution in [2.75, 3.05) is 6.61 Å². The Morgan fingerprint density at radius 1 is 1.09 bits per heavy atom. The molecule has 0 amide bonds.